The lowest BCUT2D eigenvalue weighted by atomic mass is 9.99. The van der Waals surface area contributed by atoms with Crippen LogP contribution in [-0.2, 0) is 0 Å². The van der Waals surface area contributed by atoms with Crippen LogP contribution in [0.25, 0.3) is 0 Å². The molecule has 1 atom stereocenters. The fraction of sp³-hybridized carbons (Fsp3) is 1.00. The van der Waals surface area contributed by atoms with Crippen LogP contribution in [0.15, 0.2) is 0 Å². The highest BCUT2D eigenvalue weighted by molar-refractivity contribution is 4.82. The first kappa shape index (κ1) is 8.87. The maximum atomic E-state index is 12.7. The van der Waals surface area contributed by atoms with E-state index in [-0.39, 0.29) is 25.5 Å². The van der Waals surface area contributed by atoms with E-state index >= 15 is 0 Å². The standard InChI is InChI=1S/C7H13F2NO/c8-7(9)2-3-10-6(5-7)1-4-11/h6,10-11H,1-5H2. The summed E-state index contributed by atoms with van der Waals surface area (Å²) in [7, 11) is 0. The molecule has 0 saturated carbocycles. The molecule has 0 aromatic rings. The summed E-state index contributed by atoms with van der Waals surface area (Å²) in [6.45, 7) is 0.339. The monoisotopic (exact) mass is 165 g/mol. The summed E-state index contributed by atoms with van der Waals surface area (Å²) in [5.41, 5.74) is 0. The number of rotatable bonds is 2. The van der Waals surface area contributed by atoms with Crippen molar-refractivity contribution >= 4 is 0 Å². The molecule has 0 aliphatic carbocycles. The smallest absolute Gasteiger partial charge is 0.250 e. The van der Waals surface area contributed by atoms with E-state index in [2.05, 4.69) is 5.32 Å². The summed E-state index contributed by atoms with van der Waals surface area (Å²) in [6.07, 6.45) is 0.220. The van der Waals surface area contributed by atoms with Gasteiger partial charge >= 0.3 is 0 Å². The van der Waals surface area contributed by atoms with Crippen LogP contribution in [-0.4, -0.2) is 30.2 Å². The number of hydrogen-bond donors (Lipinski definition) is 2. The third-order valence-corrected chi connectivity index (χ3v) is 1.95. The SMILES string of the molecule is OCCC1CC(F)(F)CCN1. The molecule has 0 aromatic carbocycles. The van der Waals surface area contributed by atoms with Gasteiger partial charge in [-0.1, -0.05) is 0 Å². The number of aliphatic hydroxyl groups is 1. The second kappa shape index (κ2) is 3.45. The molecule has 11 heavy (non-hydrogen) atoms. The van der Waals surface area contributed by atoms with Gasteiger partial charge in [0.05, 0.1) is 0 Å². The average Bonchev–Trinajstić information content (AvgIpc) is 1.85. The molecule has 4 heteroatoms. The van der Waals surface area contributed by atoms with E-state index in [0.717, 1.165) is 0 Å². The summed E-state index contributed by atoms with van der Waals surface area (Å²) in [5.74, 6) is -2.52. The molecule has 0 bridgehead atoms. The number of hydrogen-bond acceptors (Lipinski definition) is 2. The van der Waals surface area contributed by atoms with E-state index in [0.29, 0.717) is 13.0 Å². The van der Waals surface area contributed by atoms with E-state index in [1.807, 2.05) is 0 Å². The van der Waals surface area contributed by atoms with Gasteiger partial charge in [-0.15, -0.1) is 0 Å². The van der Waals surface area contributed by atoms with E-state index < -0.39 is 5.92 Å². The number of piperidine rings is 1. The Hall–Kier alpha value is -0.220. The highest BCUT2D eigenvalue weighted by Gasteiger charge is 2.35. The van der Waals surface area contributed by atoms with Gasteiger partial charge in [-0.3, -0.25) is 0 Å². The summed E-state index contributed by atoms with van der Waals surface area (Å²) in [4.78, 5) is 0. The molecule has 1 aliphatic rings. The Morgan fingerprint density at radius 3 is 2.82 bits per heavy atom. The molecule has 0 radical (unpaired) electrons. The van der Waals surface area contributed by atoms with Gasteiger partial charge in [0, 0.05) is 32.0 Å². The van der Waals surface area contributed by atoms with Crippen LogP contribution in [0, 0.1) is 0 Å². The summed E-state index contributed by atoms with van der Waals surface area (Å²) in [5, 5.41) is 11.4. The van der Waals surface area contributed by atoms with Gasteiger partial charge in [0.2, 0.25) is 0 Å². The predicted octanol–water partition coefficient (Wildman–Crippen LogP) is 0.756. The zero-order valence-corrected chi connectivity index (χ0v) is 6.32. The minimum atomic E-state index is -2.52. The highest BCUT2D eigenvalue weighted by atomic mass is 19.3. The molecule has 2 N–H and O–H groups in total. The van der Waals surface area contributed by atoms with Crippen molar-refractivity contribution in [1.82, 2.24) is 5.32 Å². The van der Waals surface area contributed by atoms with Gasteiger partial charge in [-0.25, -0.2) is 8.78 Å². The van der Waals surface area contributed by atoms with Gasteiger partial charge in [0.1, 0.15) is 0 Å². The lowest BCUT2D eigenvalue weighted by Gasteiger charge is -2.29. The van der Waals surface area contributed by atoms with Crippen LogP contribution in [0.4, 0.5) is 8.78 Å². The van der Waals surface area contributed by atoms with Crippen molar-refractivity contribution in [2.24, 2.45) is 0 Å². The molecule has 1 aliphatic heterocycles. The van der Waals surface area contributed by atoms with E-state index in [1.165, 1.54) is 0 Å². The zero-order chi connectivity index (χ0) is 8.32. The first-order valence-electron chi connectivity index (χ1n) is 3.86. The number of alkyl halides is 2. The van der Waals surface area contributed by atoms with Crippen molar-refractivity contribution in [3.05, 3.63) is 0 Å². The molecule has 1 rings (SSSR count). The lowest BCUT2D eigenvalue weighted by Crippen LogP contribution is -2.43. The van der Waals surface area contributed by atoms with Gasteiger partial charge in [-0.05, 0) is 6.42 Å². The van der Waals surface area contributed by atoms with Crippen LogP contribution in [0.2, 0.25) is 0 Å². The number of halogens is 2. The van der Waals surface area contributed by atoms with Crippen LogP contribution < -0.4 is 5.32 Å². The van der Waals surface area contributed by atoms with Crippen LogP contribution in [0.1, 0.15) is 19.3 Å². The van der Waals surface area contributed by atoms with Crippen LogP contribution in [0.5, 0.6) is 0 Å². The summed E-state index contributed by atoms with van der Waals surface area (Å²) < 4.78 is 25.3. The Morgan fingerprint density at radius 2 is 2.27 bits per heavy atom. The van der Waals surface area contributed by atoms with Crippen molar-refractivity contribution in [3.63, 3.8) is 0 Å². The third kappa shape index (κ3) is 2.71. The quantitative estimate of drug-likeness (QED) is 0.633. The molecule has 1 heterocycles. The van der Waals surface area contributed by atoms with Gasteiger partial charge < -0.3 is 10.4 Å². The van der Waals surface area contributed by atoms with E-state index in [1.54, 1.807) is 0 Å². The Balaban J connectivity index is 2.34. The maximum absolute atomic E-state index is 12.7. The van der Waals surface area contributed by atoms with Gasteiger partial charge in [0.15, 0.2) is 0 Å². The molecule has 1 saturated heterocycles. The fourth-order valence-corrected chi connectivity index (χ4v) is 1.35. The van der Waals surface area contributed by atoms with Gasteiger partial charge in [-0.2, -0.15) is 0 Å². The molecule has 1 fully saturated rings. The van der Waals surface area contributed by atoms with Crippen LogP contribution in [0.3, 0.4) is 0 Å². The number of nitrogens with one attached hydrogen (secondary N) is 1. The summed E-state index contributed by atoms with van der Waals surface area (Å²) >= 11 is 0. The molecular weight excluding hydrogens is 152 g/mol. The Bertz CT molecular complexity index is 128. The normalized spacial score (nSPS) is 30.3. The largest absolute Gasteiger partial charge is 0.396 e. The van der Waals surface area contributed by atoms with Gasteiger partial charge in [0.25, 0.3) is 5.92 Å². The molecule has 0 amide bonds. The first-order valence-corrected chi connectivity index (χ1v) is 3.86. The maximum Gasteiger partial charge on any atom is 0.250 e. The molecular formula is C7H13F2NO. The predicted molar refractivity (Wildman–Crippen MR) is 37.7 cm³/mol. The molecule has 66 valence electrons. The third-order valence-electron chi connectivity index (χ3n) is 1.95. The topological polar surface area (TPSA) is 32.3 Å². The fourth-order valence-electron chi connectivity index (χ4n) is 1.35. The molecule has 1 unspecified atom stereocenters. The zero-order valence-electron chi connectivity index (χ0n) is 6.32. The second-order valence-corrected chi connectivity index (χ2v) is 2.97. The molecule has 2 nitrogen and oxygen atoms in total. The second-order valence-electron chi connectivity index (χ2n) is 2.97. The average molecular weight is 165 g/mol. The van der Waals surface area contributed by atoms with Crippen molar-refractivity contribution in [2.45, 2.75) is 31.2 Å². The number of aliphatic hydroxyl groups excluding tert-OH is 1. The van der Waals surface area contributed by atoms with Crippen LogP contribution >= 0.6 is 0 Å². The van der Waals surface area contributed by atoms with Crippen molar-refractivity contribution < 1.29 is 13.9 Å². The lowest BCUT2D eigenvalue weighted by molar-refractivity contribution is -0.0432. The van der Waals surface area contributed by atoms with Crippen molar-refractivity contribution in [2.75, 3.05) is 13.2 Å². The summed E-state index contributed by atoms with van der Waals surface area (Å²) in [6, 6.07) is -0.205. The highest BCUT2D eigenvalue weighted by Crippen LogP contribution is 2.28. The minimum Gasteiger partial charge on any atom is -0.396 e. The minimum absolute atomic E-state index is 0.0201. The van der Waals surface area contributed by atoms with Crippen molar-refractivity contribution in [3.8, 4) is 0 Å². The Labute approximate surface area is 64.6 Å². The Morgan fingerprint density at radius 1 is 1.55 bits per heavy atom. The molecule has 0 aromatic heterocycles. The van der Waals surface area contributed by atoms with Crippen molar-refractivity contribution in [1.29, 1.82) is 0 Å². The molecule has 0 spiro atoms. The Kier molecular flexibility index (Phi) is 2.78. The van der Waals surface area contributed by atoms with E-state index in [4.69, 9.17) is 5.11 Å². The first-order chi connectivity index (χ1) is 5.14. The van der Waals surface area contributed by atoms with E-state index in [9.17, 15) is 8.78 Å².